The molecule has 0 spiro atoms. The van der Waals surface area contributed by atoms with Crippen molar-refractivity contribution in [1.82, 2.24) is 34.7 Å². The summed E-state index contributed by atoms with van der Waals surface area (Å²) in [7, 11) is 0. The van der Waals surface area contributed by atoms with Crippen molar-refractivity contribution >= 4 is 60.4 Å². The number of hydrogen-bond acceptors (Lipinski definition) is 10. The standard InChI is InChI=1S/C25H22N10S/c26-22-20-21(14-7-8-17-19(11-14)36-25(27)32-17)33-35(24(20)29-13-28-22)12-18-23(34-9-3-4-10-34)31-16-6-2-1-5-15(16)30-18/h1-2,5-8,11,13H,3-4,9-10,12H2,(H2,27,32)(H2,26,28,29). The Balaban J connectivity index is 1.40. The Hall–Kier alpha value is -4.38. The molecule has 0 radical (unpaired) electrons. The highest BCUT2D eigenvalue weighted by atomic mass is 32.1. The monoisotopic (exact) mass is 494 g/mol. The normalized spacial score (nSPS) is 13.9. The van der Waals surface area contributed by atoms with Crippen molar-refractivity contribution in [2.45, 2.75) is 19.4 Å². The summed E-state index contributed by atoms with van der Waals surface area (Å²) < 4.78 is 2.84. The lowest BCUT2D eigenvalue weighted by Crippen LogP contribution is -2.22. The van der Waals surface area contributed by atoms with E-state index in [0.717, 1.165) is 64.3 Å². The van der Waals surface area contributed by atoms with Crippen molar-refractivity contribution in [3.05, 3.63) is 54.5 Å². The molecule has 0 atom stereocenters. The number of nitrogens with zero attached hydrogens (tertiary/aromatic N) is 8. The van der Waals surface area contributed by atoms with Crippen LogP contribution in [0.15, 0.2) is 48.8 Å². The summed E-state index contributed by atoms with van der Waals surface area (Å²) >= 11 is 1.44. The Morgan fingerprint density at radius 1 is 0.889 bits per heavy atom. The van der Waals surface area contributed by atoms with Gasteiger partial charge in [0.15, 0.2) is 16.6 Å². The average molecular weight is 495 g/mol. The third kappa shape index (κ3) is 3.39. The lowest BCUT2D eigenvalue weighted by molar-refractivity contribution is 0.687. The molecular formula is C25H22N10S. The van der Waals surface area contributed by atoms with E-state index in [1.807, 2.05) is 47.1 Å². The molecule has 0 saturated carbocycles. The summed E-state index contributed by atoms with van der Waals surface area (Å²) in [6.45, 7) is 2.35. The van der Waals surface area contributed by atoms with Gasteiger partial charge in [0.05, 0.1) is 33.2 Å². The fourth-order valence-electron chi connectivity index (χ4n) is 4.89. The van der Waals surface area contributed by atoms with Crippen molar-refractivity contribution in [3.63, 3.8) is 0 Å². The maximum atomic E-state index is 6.35. The lowest BCUT2D eigenvalue weighted by Gasteiger charge is -2.20. The Kier molecular flexibility index (Phi) is 4.71. The average Bonchev–Trinajstić information content (AvgIpc) is 3.62. The number of nitrogens with two attached hydrogens (primary N) is 2. The molecule has 0 unspecified atom stereocenters. The van der Waals surface area contributed by atoms with Gasteiger partial charge in [0.25, 0.3) is 0 Å². The first-order valence-electron chi connectivity index (χ1n) is 11.8. The van der Waals surface area contributed by atoms with E-state index in [1.165, 1.54) is 17.7 Å². The van der Waals surface area contributed by atoms with E-state index < -0.39 is 0 Å². The molecule has 1 aliphatic rings. The number of nitrogen functional groups attached to an aromatic ring is 2. The first kappa shape index (κ1) is 20.9. The van der Waals surface area contributed by atoms with Gasteiger partial charge in [-0.15, -0.1) is 0 Å². The van der Waals surface area contributed by atoms with Crippen molar-refractivity contribution < 1.29 is 0 Å². The van der Waals surface area contributed by atoms with Gasteiger partial charge in [-0.2, -0.15) is 5.10 Å². The minimum atomic E-state index is 0.384. The zero-order valence-corrected chi connectivity index (χ0v) is 20.1. The minimum absolute atomic E-state index is 0.384. The van der Waals surface area contributed by atoms with Crippen LogP contribution in [0.4, 0.5) is 16.8 Å². The second-order valence-electron chi connectivity index (χ2n) is 8.88. The van der Waals surface area contributed by atoms with Crippen molar-refractivity contribution in [3.8, 4) is 11.3 Å². The summed E-state index contributed by atoms with van der Waals surface area (Å²) in [5.41, 5.74) is 18.0. The molecule has 36 heavy (non-hydrogen) atoms. The Labute approximate surface area is 209 Å². The van der Waals surface area contributed by atoms with Gasteiger partial charge in [0.2, 0.25) is 0 Å². The number of thiazole rings is 1. The van der Waals surface area contributed by atoms with Gasteiger partial charge >= 0.3 is 0 Å². The van der Waals surface area contributed by atoms with Crippen LogP contribution in [0.5, 0.6) is 0 Å². The van der Waals surface area contributed by atoms with Crippen LogP contribution in [0.25, 0.3) is 43.5 Å². The van der Waals surface area contributed by atoms with Crippen LogP contribution in [0, 0.1) is 0 Å². The molecule has 4 aromatic heterocycles. The van der Waals surface area contributed by atoms with Gasteiger partial charge in [-0.1, -0.05) is 29.5 Å². The highest BCUT2D eigenvalue weighted by Crippen LogP contribution is 2.34. The van der Waals surface area contributed by atoms with Crippen molar-refractivity contribution in [1.29, 1.82) is 0 Å². The number of benzene rings is 2. The molecule has 0 amide bonds. The van der Waals surface area contributed by atoms with Crippen LogP contribution in [0.3, 0.4) is 0 Å². The van der Waals surface area contributed by atoms with E-state index in [2.05, 4.69) is 19.9 Å². The molecule has 7 rings (SSSR count). The Morgan fingerprint density at radius 2 is 1.69 bits per heavy atom. The summed E-state index contributed by atoms with van der Waals surface area (Å²) in [4.78, 5) is 25.5. The second-order valence-corrected chi connectivity index (χ2v) is 9.94. The molecule has 2 aromatic carbocycles. The third-order valence-electron chi connectivity index (χ3n) is 6.56. The number of rotatable bonds is 4. The molecule has 10 nitrogen and oxygen atoms in total. The number of para-hydroxylation sites is 2. The van der Waals surface area contributed by atoms with E-state index >= 15 is 0 Å². The maximum Gasteiger partial charge on any atom is 0.181 e. The SMILES string of the molecule is Nc1nc2ccc(-c3nn(Cc4nc5ccccc5nc4N4CCCC4)c4ncnc(N)c34)cc2s1. The summed E-state index contributed by atoms with van der Waals surface area (Å²) in [5, 5.41) is 6.22. The van der Waals surface area contributed by atoms with Gasteiger partial charge in [-0.05, 0) is 37.1 Å². The Morgan fingerprint density at radius 3 is 2.53 bits per heavy atom. The molecule has 1 fully saturated rings. The molecule has 5 heterocycles. The first-order valence-corrected chi connectivity index (χ1v) is 12.6. The van der Waals surface area contributed by atoms with Crippen LogP contribution < -0.4 is 16.4 Å². The number of anilines is 3. The maximum absolute atomic E-state index is 6.35. The smallest absolute Gasteiger partial charge is 0.181 e. The summed E-state index contributed by atoms with van der Waals surface area (Å²) in [5.74, 6) is 1.29. The molecule has 0 aliphatic carbocycles. The van der Waals surface area contributed by atoms with Gasteiger partial charge in [-0.25, -0.2) is 29.6 Å². The molecule has 0 bridgehead atoms. The summed E-state index contributed by atoms with van der Waals surface area (Å²) in [6.07, 6.45) is 3.77. The minimum Gasteiger partial charge on any atom is -0.383 e. The predicted octanol–water partition coefficient (Wildman–Crippen LogP) is 3.86. The highest BCUT2D eigenvalue weighted by Gasteiger charge is 2.23. The number of aromatic nitrogens is 7. The fourth-order valence-corrected chi connectivity index (χ4v) is 5.66. The van der Waals surface area contributed by atoms with Gasteiger partial charge < -0.3 is 16.4 Å². The number of hydrogen-bond donors (Lipinski definition) is 2. The van der Waals surface area contributed by atoms with Crippen molar-refractivity contribution in [2.75, 3.05) is 29.5 Å². The Bertz CT molecular complexity index is 1770. The van der Waals surface area contributed by atoms with E-state index in [9.17, 15) is 0 Å². The molecule has 4 N–H and O–H groups in total. The zero-order chi connectivity index (χ0) is 24.2. The van der Waals surface area contributed by atoms with Crippen LogP contribution in [0.2, 0.25) is 0 Å². The quantitative estimate of drug-likeness (QED) is 0.374. The molecular weight excluding hydrogens is 472 g/mol. The third-order valence-corrected chi connectivity index (χ3v) is 7.41. The summed E-state index contributed by atoms with van der Waals surface area (Å²) in [6, 6.07) is 13.9. The van der Waals surface area contributed by atoms with E-state index in [-0.39, 0.29) is 0 Å². The van der Waals surface area contributed by atoms with Crippen LogP contribution in [-0.2, 0) is 6.54 Å². The largest absolute Gasteiger partial charge is 0.383 e. The lowest BCUT2D eigenvalue weighted by atomic mass is 10.1. The fraction of sp³-hybridized carbons (Fsp3) is 0.200. The molecule has 1 aliphatic heterocycles. The second kappa shape index (κ2) is 8.09. The topological polar surface area (TPSA) is 138 Å². The molecule has 6 aromatic rings. The molecule has 1 saturated heterocycles. The van der Waals surface area contributed by atoms with Gasteiger partial charge in [0.1, 0.15) is 23.5 Å². The van der Waals surface area contributed by atoms with Crippen molar-refractivity contribution in [2.24, 2.45) is 0 Å². The molecule has 178 valence electrons. The predicted molar refractivity (Wildman–Crippen MR) is 143 cm³/mol. The zero-order valence-electron chi connectivity index (χ0n) is 19.3. The van der Waals surface area contributed by atoms with Crippen LogP contribution >= 0.6 is 11.3 Å². The van der Waals surface area contributed by atoms with Crippen LogP contribution in [-0.4, -0.2) is 47.8 Å². The van der Waals surface area contributed by atoms with E-state index in [4.69, 9.17) is 26.5 Å². The van der Waals surface area contributed by atoms with E-state index in [1.54, 1.807) is 0 Å². The first-order chi connectivity index (χ1) is 17.6. The number of fused-ring (bicyclic) bond motifs is 3. The van der Waals surface area contributed by atoms with Gasteiger partial charge in [-0.3, -0.25) is 0 Å². The molecule has 11 heteroatoms. The van der Waals surface area contributed by atoms with Crippen LogP contribution in [0.1, 0.15) is 18.5 Å². The highest BCUT2D eigenvalue weighted by molar-refractivity contribution is 7.22. The van der Waals surface area contributed by atoms with E-state index in [0.29, 0.717) is 34.2 Å². The van der Waals surface area contributed by atoms with Gasteiger partial charge in [0, 0.05) is 18.7 Å².